The van der Waals surface area contributed by atoms with Gasteiger partial charge in [-0.25, -0.2) is 0 Å². The fourth-order valence-corrected chi connectivity index (χ4v) is 17.2. The summed E-state index contributed by atoms with van der Waals surface area (Å²) in [6.07, 6.45) is 14.6. The molecule has 0 radical (unpaired) electrons. The van der Waals surface area contributed by atoms with Gasteiger partial charge in [0, 0.05) is 103 Å². The van der Waals surface area contributed by atoms with Gasteiger partial charge < -0.3 is 14.7 Å². The molecule has 104 heavy (non-hydrogen) atoms. The Morgan fingerprint density at radius 1 is 0.288 bits per heavy atom. The highest BCUT2D eigenvalue weighted by atomic mass is 15.3. The predicted molar refractivity (Wildman–Crippen MR) is 482 cm³/mol. The van der Waals surface area contributed by atoms with Crippen molar-refractivity contribution in [2.75, 3.05) is 14.7 Å². The molecule has 0 amide bonds. The Morgan fingerprint density at radius 3 is 0.817 bits per heavy atom. The lowest BCUT2D eigenvalue weighted by molar-refractivity contribution is -0.0403. The second-order valence-electron chi connectivity index (χ2n) is 36.5. The van der Waals surface area contributed by atoms with Crippen molar-refractivity contribution in [2.24, 2.45) is 0 Å². The van der Waals surface area contributed by atoms with Crippen LogP contribution in [0.5, 0.6) is 0 Å². The van der Waals surface area contributed by atoms with Crippen LogP contribution < -0.4 is 14.7 Å². The normalized spacial score (nSPS) is 13.7. The molecule has 2 aliphatic rings. The van der Waals surface area contributed by atoms with Gasteiger partial charge in [-0.15, -0.1) is 0 Å². The average Bonchev–Trinajstić information content (AvgIpc) is 0.770. The summed E-state index contributed by atoms with van der Waals surface area (Å²) in [6.45, 7) is 77.0. The van der Waals surface area contributed by atoms with E-state index in [0.29, 0.717) is 29.2 Å². The van der Waals surface area contributed by atoms with Crippen LogP contribution in [-0.2, 0) is 0 Å². The van der Waals surface area contributed by atoms with Crippen LogP contribution >= 0.6 is 0 Å². The molecule has 2 saturated carbocycles. The maximum atomic E-state index is 2.91. The lowest BCUT2D eigenvalue weighted by Gasteiger charge is -2.53. The molecule has 6 aromatic rings. The fourth-order valence-electron chi connectivity index (χ4n) is 17.2. The molecule has 8 rings (SSSR count). The molecular formula is C98H174N6. The van der Waals surface area contributed by atoms with Gasteiger partial charge in [0.15, 0.2) is 0 Å². The van der Waals surface area contributed by atoms with Crippen LogP contribution in [0, 0.1) is 48.5 Å². The van der Waals surface area contributed by atoms with Gasteiger partial charge in [-0.05, 0) is 331 Å². The quantitative estimate of drug-likeness (QED) is 0.128. The van der Waals surface area contributed by atoms with Gasteiger partial charge in [0.1, 0.15) is 0 Å². The van der Waals surface area contributed by atoms with Gasteiger partial charge in [0.05, 0.1) is 0 Å². The molecular weight excluding hydrogens is 1260 g/mol. The monoisotopic (exact) mass is 1440 g/mol. The van der Waals surface area contributed by atoms with E-state index in [9.17, 15) is 0 Å². The van der Waals surface area contributed by atoms with Crippen molar-refractivity contribution in [3.05, 3.63) is 178 Å². The smallest absolute Gasteiger partial charge is 0.0475 e. The minimum absolute atomic E-state index is 0. The first kappa shape index (κ1) is 105. The third-order valence-electron chi connectivity index (χ3n) is 18.8. The number of benzene rings is 6. The van der Waals surface area contributed by atoms with E-state index in [1.807, 2.05) is 0 Å². The Morgan fingerprint density at radius 2 is 0.577 bits per heavy atom. The zero-order chi connectivity index (χ0) is 74.7. The van der Waals surface area contributed by atoms with Crippen molar-refractivity contribution in [3.63, 3.8) is 0 Å². The Hall–Kier alpha value is -5.40. The molecule has 2 aliphatic carbocycles. The zero-order valence-corrected chi connectivity index (χ0v) is 69.9. The second kappa shape index (κ2) is 45.4. The Bertz CT molecular complexity index is 3030. The minimum Gasteiger partial charge on any atom is -0.338 e. The zero-order valence-electron chi connectivity index (χ0n) is 69.9. The van der Waals surface area contributed by atoms with E-state index in [-0.39, 0.29) is 72.3 Å². The molecule has 0 bridgehead atoms. The van der Waals surface area contributed by atoms with Crippen molar-refractivity contribution < 1.29 is 0 Å². The average molecular weight is 1440 g/mol. The van der Waals surface area contributed by atoms with Crippen LogP contribution in [0.3, 0.4) is 0 Å². The molecule has 0 saturated heterocycles. The Balaban J connectivity index is -0.000000577. The number of aryl methyl sites for hydroxylation is 7. The van der Waals surface area contributed by atoms with E-state index in [2.05, 4.69) is 404 Å². The van der Waals surface area contributed by atoms with Crippen molar-refractivity contribution in [1.29, 1.82) is 0 Å². The van der Waals surface area contributed by atoms with Crippen LogP contribution in [0.1, 0.15) is 335 Å². The van der Waals surface area contributed by atoms with Gasteiger partial charge in [-0.1, -0.05) is 192 Å². The third-order valence-corrected chi connectivity index (χ3v) is 18.8. The van der Waals surface area contributed by atoms with Crippen molar-refractivity contribution in [3.8, 4) is 0 Å². The summed E-state index contributed by atoms with van der Waals surface area (Å²) in [5, 5.41) is 0. The standard InChI is InChI=1S/C21H29N.C17H21N.C16H31N.C16H19N.C12H27N.C10H23N.6CH4/c1-14-12-17(4)20(18(5)13-14)22(21(6,7)8)19-15(2)10-9-11-16(19)3;1-13(2)18(16-11-7-5-9-14(16)3)17-12-8-6-10-15(17)4;2*1-16(2,3)17(14-10-6-4-7-11-14)15-12-8-5-9-13-15;1-10(2,3)13(11(4,5)6)12(7,8)9;1-8(2)11(9(3)4)10(5,6)7;;;;;;/h9-13H,1-8H3;5-13H,1-4H3;14-15H,4-13H2,1-3H3;4-13H,1-3H3;1-9H3;8-9H,1-7H3;6*1H4. The van der Waals surface area contributed by atoms with Crippen LogP contribution in [0.4, 0.5) is 34.1 Å². The summed E-state index contributed by atoms with van der Waals surface area (Å²) in [5.41, 5.74) is 18.4. The fraction of sp³-hybridized carbons (Fsp3) is 0.633. The molecule has 0 aliphatic heterocycles. The Kier molecular flexibility index (Phi) is 45.8. The lowest BCUT2D eigenvalue weighted by atomic mass is 9.85. The van der Waals surface area contributed by atoms with Crippen LogP contribution in [-0.4, -0.2) is 83.7 Å². The van der Waals surface area contributed by atoms with Crippen LogP contribution in [0.25, 0.3) is 0 Å². The summed E-state index contributed by atoms with van der Waals surface area (Å²) < 4.78 is 0. The summed E-state index contributed by atoms with van der Waals surface area (Å²) in [4.78, 5) is 15.3. The van der Waals surface area contributed by atoms with E-state index in [1.165, 1.54) is 137 Å². The van der Waals surface area contributed by atoms with Crippen molar-refractivity contribution >= 4 is 34.1 Å². The van der Waals surface area contributed by atoms with Crippen LogP contribution in [0.2, 0.25) is 0 Å². The molecule has 0 atom stereocenters. The predicted octanol–water partition coefficient (Wildman–Crippen LogP) is 30.8. The number of hydrogen-bond acceptors (Lipinski definition) is 6. The first-order valence-corrected chi connectivity index (χ1v) is 38.2. The Labute approximate surface area is 651 Å². The summed E-state index contributed by atoms with van der Waals surface area (Å²) in [7, 11) is 0. The van der Waals surface area contributed by atoms with Gasteiger partial charge in [0.2, 0.25) is 0 Å². The van der Waals surface area contributed by atoms with Gasteiger partial charge in [0.25, 0.3) is 0 Å². The van der Waals surface area contributed by atoms with Crippen molar-refractivity contribution in [2.45, 2.75) is 413 Å². The summed E-state index contributed by atoms with van der Waals surface area (Å²) >= 11 is 0. The molecule has 0 aromatic heterocycles. The number of rotatable bonds is 11. The van der Waals surface area contributed by atoms with E-state index < -0.39 is 0 Å². The molecule has 0 spiro atoms. The van der Waals surface area contributed by atoms with E-state index >= 15 is 0 Å². The van der Waals surface area contributed by atoms with Gasteiger partial charge >= 0.3 is 0 Å². The van der Waals surface area contributed by atoms with Gasteiger partial charge in [-0.3, -0.25) is 14.7 Å². The molecule has 596 valence electrons. The molecule has 6 heteroatoms. The van der Waals surface area contributed by atoms with Gasteiger partial charge in [-0.2, -0.15) is 0 Å². The summed E-state index contributed by atoms with van der Waals surface area (Å²) in [5.74, 6) is 0. The number of anilines is 6. The minimum atomic E-state index is 0. The number of nitrogens with zero attached hydrogens (tertiary/aromatic N) is 6. The number of para-hydroxylation sites is 5. The largest absolute Gasteiger partial charge is 0.338 e. The highest BCUT2D eigenvalue weighted by molar-refractivity contribution is 5.76. The molecule has 2 fully saturated rings. The van der Waals surface area contributed by atoms with Crippen LogP contribution in [0.15, 0.2) is 140 Å². The number of hydrogen-bond donors (Lipinski definition) is 0. The topological polar surface area (TPSA) is 19.4 Å². The SMILES string of the molecule is C.C.C.C.C.C.CC(C)(C)N(C(C)(C)C)C(C)(C)C.CC(C)(C)N(C1CCCCC1)C1CCCCC1.CC(C)(C)N(c1ccccc1)c1ccccc1.CC(C)N(C(C)C)C(C)(C)C.Cc1cc(C)c(N(c2c(C)cccc2C)C(C)(C)C)c(C)c1.Cc1ccccc1N(c1ccccc1C)C(C)C. The van der Waals surface area contributed by atoms with E-state index in [1.54, 1.807) is 0 Å². The molecule has 6 aromatic carbocycles. The first-order chi connectivity index (χ1) is 45.0. The molecule has 6 nitrogen and oxygen atoms in total. The summed E-state index contributed by atoms with van der Waals surface area (Å²) in [6, 6.07) is 52.8. The maximum Gasteiger partial charge on any atom is 0.0475 e. The lowest BCUT2D eigenvalue weighted by Crippen LogP contribution is -2.60. The highest BCUT2D eigenvalue weighted by Gasteiger charge is 2.40. The molecule has 0 N–H and O–H groups in total. The first-order valence-electron chi connectivity index (χ1n) is 38.2. The highest BCUT2D eigenvalue weighted by Crippen LogP contribution is 2.42. The maximum absolute atomic E-state index is 2.91. The third kappa shape index (κ3) is 32.6. The van der Waals surface area contributed by atoms with E-state index in [4.69, 9.17) is 0 Å². The molecule has 0 unspecified atom stereocenters. The van der Waals surface area contributed by atoms with Crippen molar-refractivity contribution in [1.82, 2.24) is 14.7 Å². The molecule has 0 heterocycles. The second-order valence-corrected chi connectivity index (χ2v) is 36.5. The van der Waals surface area contributed by atoms with E-state index in [0.717, 1.165) is 12.1 Å².